The van der Waals surface area contributed by atoms with Gasteiger partial charge >= 0.3 is 6.03 Å². The number of imidazole rings is 1. The van der Waals surface area contributed by atoms with E-state index in [0.29, 0.717) is 75.0 Å². The molecule has 7 heterocycles. The van der Waals surface area contributed by atoms with Crippen LogP contribution in [0, 0.1) is 5.41 Å². The minimum absolute atomic E-state index is 0.00987. The standard InChI is InChI=1S/C47H55Cl2F2N11O5/c1-52-33-24-39(56-62-36(25-53-42(33)62)43(64)54-32-6-7-37(32)67-2)60-16-8-30-28(4-3-5-34(30)60)26-57-15-9-38(47(50,51)27-57)58-18-11-46(12-19-58)13-20-59(21-14-46)44(65)29-22-31(48)41(49)35(23-29)61-17-10-40(63)55-45(61)66/h3-5,22-25,32,37-38,52H,6-21,26-27H2,1-2H3,(H,54,64)(H,55,63,66)/t32-,37-,38+/m1/s1. The van der Waals surface area contributed by atoms with Crippen LogP contribution >= 0.6 is 23.2 Å². The number of aromatic nitrogens is 3. The predicted molar refractivity (Wildman–Crippen MR) is 250 cm³/mol. The summed E-state index contributed by atoms with van der Waals surface area (Å²) in [6.45, 7) is 3.63. The molecule has 67 heavy (non-hydrogen) atoms. The normalized spacial score (nSPS) is 24.1. The highest BCUT2D eigenvalue weighted by atomic mass is 35.5. The SMILES string of the molecule is CNc1cc(N2CCc3c(CN4CC[C@H](N5CCC6(CCN(C(=O)c7cc(Cl)c(Cl)c(N8CCC(=O)NC8=O)c7)CC6)CC5)C(F)(F)C4)cccc32)nn2c(C(=O)N[C@@H]3CC[C@H]3OC)cnc12. The van der Waals surface area contributed by atoms with E-state index in [1.807, 2.05) is 41.1 Å². The summed E-state index contributed by atoms with van der Waals surface area (Å²) in [5.41, 5.74) is 5.25. The third-order valence-electron chi connectivity index (χ3n) is 15.2. The number of likely N-dealkylation sites (tertiary alicyclic amines) is 3. The fourth-order valence-electron chi connectivity index (χ4n) is 11.2. The first-order chi connectivity index (χ1) is 32.2. The Bertz CT molecular complexity index is 2610. The van der Waals surface area contributed by atoms with E-state index in [0.717, 1.165) is 67.4 Å². The summed E-state index contributed by atoms with van der Waals surface area (Å²) >= 11 is 12.9. The summed E-state index contributed by atoms with van der Waals surface area (Å²) < 4.78 is 39.6. The maximum atomic E-state index is 16.3. The van der Waals surface area contributed by atoms with Crippen molar-refractivity contribution in [3.8, 4) is 0 Å². The van der Waals surface area contributed by atoms with Crippen LogP contribution in [0.1, 0.15) is 83.3 Å². The predicted octanol–water partition coefficient (Wildman–Crippen LogP) is 6.35. The third kappa shape index (κ3) is 8.57. The molecule has 5 fully saturated rings. The average Bonchev–Trinajstić information content (AvgIpc) is 3.95. The molecular weight excluding hydrogens is 907 g/mol. The molecule has 5 amide bonds. The van der Waals surface area contributed by atoms with Gasteiger partial charge in [0.1, 0.15) is 0 Å². The fraction of sp³-hybridized carbons (Fsp3) is 0.532. The maximum absolute atomic E-state index is 16.3. The van der Waals surface area contributed by atoms with Crippen molar-refractivity contribution < 1.29 is 32.7 Å². The van der Waals surface area contributed by atoms with Crippen LogP contribution < -0.4 is 25.8 Å². The highest BCUT2D eigenvalue weighted by Gasteiger charge is 2.50. The second-order valence-electron chi connectivity index (χ2n) is 18.9. The number of amides is 5. The second-order valence-corrected chi connectivity index (χ2v) is 19.7. The number of halogens is 4. The van der Waals surface area contributed by atoms with E-state index in [2.05, 4.69) is 25.8 Å². The van der Waals surface area contributed by atoms with Crippen molar-refractivity contribution in [2.75, 3.05) is 81.6 Å². The molecule has 2 aromatic carbocycles. The van der Waals surface area contributed by atoms with Gasteiger partial charge in [0.25, 0.3) is 17.7 Å². The highest BCUT2D eigenvalue weighted by molar-refractivity contribution is 6.44. The lowest BCUT2D eigenvalue weighted by Gasteiger charge is -2.51. The Balaban J connectivity index is 0.750. The van der Waals surface area contributed by atoms with Crippen molar-refractivity contribution in [1.82, 2.24) is 39.9 Å². The van der Waals surface area contributed by atoms with E-state index >= 15 is 8.78 Å². The number of fused-ring (bicyclic) bond motifs is 2. The first-order valence-corrected chi connectivity index (χ1v) is 24.0. The lowest BCUT2D eigenvalue weighted by molar-refractivity contribution is -0.139. The summed E-state index contributed by atoms with van der Waals surface area (Å²) in [4.78, 5) is 65.1. The smallest absolute Gasteiger partial charge is 0.328 e. The van der Waals surface area contributed by atoms with E-state index < -0.39 is 18.0 Å². The van der Waals surface area contributed by atoms with Crippen molar-refractivity contribution in [2.24, 2.45) is 5.41 Å². The molecule has 0 radical (unpaired) electrons. The number of anilines is 4. The summed E-state index contributed by atoms with van der Waals surface area (Å²) in [7, 11) is 3.46. The molecule has 20 heteroatoms. The van der Waals surface area contributed by atoms with Crippen LogP contribution in [0.15, 0.2) is 42.6 Å². The van der Waals surface area contributed by atoms with E-state index in [4.69, 9.17) is 33.0 Å². The summed E-state index contributed by atoms with van der Waals surface area (Å²) in [5.74, 6) is -3.12. The molecule has 5 aliphatic heterocycles. The molecule has 356 valence electrons. The molecule has 6 aliphatic rings. The Morgan fingerprint density at radius 1 is 0.925 bits per heavy atom. The number of carbonyl (C=O) groups is 4. The van der Waals surface area contributed by atoms with Crippen LogP contribution in [0.2, 0.25) is 10.0 Å². The monoisotopic (exact) mass is 961 g/mol. The zero-order valence-electron chi connectivity index (χ0n) is 37.6. The lowest BCUT2D eigenvalue weighted by Crippen LogP contribution is -2.60. The molecule has 4 aromatic rings. The van der Waals surface area contributed by atoms with Crippen molar-refractivity contribution in [1.29, 1.82) is 0 Å². The van der Waals surface area contributed by atoms with Gasteiger partial charge in [0.15, 0.2) is 17.2 Å². The minimum atomic E-state index is -2.90. The molecule has 1 aliphatic carbocycles. The number of ether oxygens (including phenoxy) is 1. The van der Waals surface area contributed by atoms with Gasteiger partial charge < -0.3 is 25.2 Å². The maximum Gasteiger partial charge on any atom is 0.328 e. The number of methoxy groups -OCH3 is 1. The van der Waals surface area contributed by atoms with Gasteiger partial charge in [0.2, 0.25) is 5.91 Å². The Kier molecular flexibility index (Phi) is 12.3. The molecule has 1 spiro atoms. The summed E-state index contributed by atoms with van der Waals surface area (Å²) in [6, 6.07) is 9.53. The van der Waals surface area contributed by atoms with E-state index in [1.165, 1.54) is 11.0 Å². The van der Waals surface area contributed by atoms with E-state index in [9.17, 15) is 19.2 Å². The molecule has 10 rings (SSSR count). The van der Waals surface area contributed by atoms with Gasteiger partial charge in [-0.05, 0) is 99.2 Å². The Morgan fingerprint density at radius 3 is 2.39 bits per heavy atom. The van der Waals surface area contributed by atoms with Crippen LogP contribution in [-0.2, 0) is 22.5 Å². The Labute approximate surface area is 397 Å². The number of nitrogens with zero attached hydrogens (tertiary/aromatic N) is 8. The lowest BCUT2D eigenvalue weighted by atomic mass is 9.70. The molecule has 0 unspecified atom stereocenters. The topological polar surface area (TPSA) is 160 Å². The zero-order valence-corrected chi connectivity index (χ0v) is 39.1. The highest BCUT2D eigenvalue weighted by Crippen LogP contribution is 2.45. The van der Waals surface area contributed by atoms with Gasteiger partial charge in [-0.2, -0.15) is 0 Å². The van der Waals surface area contributed by atoms with Gasteiger partial charge in [-0.1, -0.05) is 35.3 Å². The van der Waals surface area contributed by atoms with Crippen LogP contribution in [0.5, 0.6) is 0 Å². The van der Waals surface area contributed by atoms with Crippen molar-refractivity contribution in [2.45, 2.75) is 88.4 Å². The van der Waals surface area contributed by atoms with Gasteiger partial charge in [0.05, 0.1) is 52.3 Å². The molecular formula is C47H55Cl2F2N11O5. The zero-order chi connectivity index (χ0) is 46.8. The number of imide groups is 1. The third-order valence-corrected chi connectivity index (χ3v) is 16.0. The molecule has 1 saturated carbocycles. The van der Waals surface area contributed by atoms with Gasteiger partial charge in [-0.25, -0.2) is 23.1 Å². The van der Waals surface area contributed by atoms with Gasteiger partial charge in [0, 0.05) is 77.2 Å². The van der Waals surface area contributed by atoms with Gasteiger partial charge in [-0.3, -0.25) is 34.4 Å². The van der Waals surface area contributed by atoms with E-state index in [-0.39, 0.29) is 70.5 Å². The quantitative estimate of drug-likeness (QED) is 0.163. The number of benzene rings is 2. The van der Waals surface area contributed by atoms with Crippen LogP contribution in [-0.4, -0.2) is 144 Å². The minimum Gasteiger partial charge on any atom is -0.385 e. The number of nitrogens with one attached hydrogen (secondary N) is 3. The molecule has 16 nitrogen and oxygen atoms in total. The second kappa shape index (κ2) is 18.1. The Morgan fingerprint density at radius 2 is 1.69 bits per heavy atom. The first kappa shape index (κ1) is 45.6. The van der Waals surface area contributed by atoms with Crippen LogP contribution in [0.4, 0.5) is 36.5 Å². The van der Waals surface area contributed by atoms with Crippen molar-refractivity contribution >= 4 is 75.5 Å². The number of carbonyl (C=O) groups excluding carboxylic acids is 4. The number of piperidine rings is 3. The molecule has 0 bridgehead atoms. The van der Waals surface area contributed by atoms with E-state index in [1.54, 1.807) is 28.8 Å². The molecule has 2 aromatic heterocycles. The number of hydrogen-bond donors (Lipinski definition) is 3. The largest absolute Gasteiger partial charge is 0.385 e. The fourth-order valence-corrected chi connectivity index (χ4v) is 11.6. The molecule has 3 N–H and O–H groups in total. The van der Waals surface area contributed by atoms with Crippen molar-refractivity contribution in [3.63, 3.8) is 0 Å². The summed E-state index contributed by atoms with van der Waals surface area (Å²) in [5, 5.41) is 13.7. The number of urea groups is 1. The Hall–Kier alpha value is -5.14. The number of hydrogen-bond acceptors (Lipinski definition) is 11. The van der Waals surface area contributed by atoms with Crippen LogP contribution in [0.3, 0.4) is 0 Å². The molecule has 3 atom stereocenters. The number of alkyl halides is 2. The van der Waals surface area contributed by atoms with Crippen LogP contribution in [0.25, 0.3) is 5.65 Å². The average molecular weight is 963 g/mol. The summed E-state index contributed by atoms with van der Waals surface area (Å²) in [6.07, 6.45) is 7.60. The van der Waals surface area contributed by atoms with Gasteiger partial charge in [-0.15, -0.1) is 5.10 Å². The number of rotatable bonds is 10. The molecule has 4 saturated heterocycles. The van der Waals surface area contributed by atoms with Crippen molar-refractivity contribution in [3.05, 3.63) is 75.0 Å². The first-order valence-electron chi connectivity index (χ1n) is 23.3.